The lowest BCUT2D eigenvalue weighted by atomic mass is 10.1. The molecule has 21 heavy (non-hydrogen) atoms. The summed E-state index contributed by atoms with van der Waals surface area (Å²) in [5, 5.41) is 5.90. The predicted octanol–water partition coefficient (Wildman–Crippen LogP) is -0.343. The summed E-state index contributed by atoms with van der Waals surface area (Å²) in [6.45, 7) is 2.60. The molecule has 0 aliphatic heterocycles. The minimum Gasteiger partial charge on any atom is -0.348 e. The zero-order chi connectivity index (χ0) is 15.2. The van der Waals surface area contributed by atoms with Crippen molar-refractivity contribution in [1.82, 2.24) is 10.6 Å². The molecular formula is C16H24N3O2+. The zero-order valence-corrected chi connectivity index (χ0v) is 12.7. The number of rotatable bonds is 7. The van der Waals surface area contributed by atoms with Gasteiger partial charge in [0.25, 0.3) is 11.8 Å². The molecule has 2 rings (SSSR count). The van der Waals surface area contributed by atoms with Crippen LogP contribution in [0, 0.1) is 0 Å². The highest BCUT2D eigenvalue weighted by atomic mass is 16.2. The third-order valence-electron chi connectivity index (χ3n) is 3.54. The first kappa shape index (κ1) is 15.5. The Labute approximate surface area is 125 Å². The van der Waals surface area contributed by atoms with Gasteiger partial charge in [-0.2, -0.15) is 0 Å². The van der Waals surface area contributed by atoms with Crippen molar-refractivity contribution in [2.24, 2.45) is 0 Å². The smallest absolute Gasteiger partial charge is 0.275 e. The lowest BCUT2D eigenvalue weighted by Crippen LogP contribution is -3.11. The van der Waals surface area contributed by atoms with E-state index in [1.54, 1.807) is 0 Å². The molecule has 1 fully saturated rings. The Morgan fingerprint density at radius 2 is 1.81 bits per heavy atom. The van der Waals surface area contributed by atoms with Crippen LogP contribution in [0.25, 0.3) is 0 Å². The Hall–Kier alpha value is -1.88. The number of benzene rings is 1. The quantitative estimate of drug-likeness (QED) is 0.643. The van der Waals surface area contributed by atoms with Crippen molar-refractivity contribution in [3.8, 4) is 0 Å². The van der Waals surface area contributed by atoms with Gasteiger partial charge < -0.3 is 15.5 Å². The standard InChI is InChI=1S/C16H23N3O2/c1-12(13-6-4-3-5-7-13)17-15(20)10-19(2)11-16(21)18-14-8-9-14/h3-7,12,14H,8-11H2,1-2H3,(H,17,20)(H,18,21)/p+1/t12-/m0/s1. The van der Waals surface area contributed by atoms with Gasteiger partial charge in [0.1, 0.15) is 0 Å². The molecule has 1 aromatic carbocycles. The maximum absolute atomic E-state index is 12.0. The first-order valence-corrected chi connectivity index (χ1v) is 7.49. The molecule has 0 heterocycles. The molecule has 3 N–H and O–H groups in total. The Balaban J connectivity index is 1.71. The average molecular weight is 290 g/mol. The van der Waals surface area contributed by atoms with Crippen molar-refractivity contribution in [2.75, 3.05) is 20.1 Å². The summed E-state index contributed by atoms with van der Waals surface area (Å²) in [6, 6.07) is 10.2. The van der Waals surface area contributed by atoms with Crippen molar-refractivity contribution in [1.29, 1.82) is 0 Å². The maximum Gasteiger partial charge on any atom is 0.275 e. The van der Waals surface area contributed by atoms with Crippen LogP contribution in [0.2, 0.25) is 0 Å². The molecule has 0 aromatic heterocycles. The summed E-state index contributed by atoms with van der Waals surface area (Å²) in [7, 11) is 1.86. The van der Waals surface area contributed by atoms with Gasteiger partial charge in [-0.3, -0.25) is 9.59 Å². The number of quaternary nitrogens is 1. The van der Waals surface area contributed by atoms with E-state index in [0.29, 0.717) is 19.1 Å². The third-order valence-corrected chi connectivity index (χ3v) is 3.54. The second-order valence-corrected chi connectivity index (χ2v) is 5.85. The van der Waals surface area contributed by atoms with Crippen LogP contribution in [-0.2, 0) is 9.59 Å². The SMILES string of the molecule is C[C@H](NC(=O)C[NH+](C)CC(=O)NC1CC1)c1ccccc1. The Morgan fingerprint density at radius 1 is 1.19 bits per heavy atom. The van der Waals surface area contributed by atoms with Gasteiger partial charge in [0, 0.05) is 6.04 Å². The number of amides is 2. The minimum atomic E-state index is -0.0388. The predicted molar refractivity (Wildman–Crippen MR) is 80.8 cm³/mol. The van der Waals surface area contributed by atoms with Crippen LogP contribution in [0.3, 0.4) is 0 Å². The van der Waals surface area contributed by atoms with Gasteiger partial charge in [-0.1, -0.05) is 30.3 Å². The van der Waals surface area contributed by atoms with Gasteiger partial charge in [-0.25, -0.2) is 0 Å². The second kappa shape index (κ2) is 7.22. The Morgan fingerprint density at radius 3 is 2.43 bits per heavy atom. The number of hydrogen-bond donors (Lipinski definition) is 3. The van der Waals surface area contributed by atoms with Gasteiger partial charge in [0.2, 0.25) is 0 Å². The molecule has 1 saturated carbocycles. The van der Waals surface area contributed by atoms with E-state index < -0.39 is 0 Å². The van der Waals surface area contributed by atoms with Gasteiger partial charge in [0.05, 0.1) is 13.1 Å². The highest BCUT2D eigenvalue weighted by molar-refractivity contribution is 5.79. The highest BCUT2D eigenvalue weighted by Crippen LogP contribution is 2.17. The largest absolute Gasteiger partial charge is 0.348 e. The van der Waals surface area contributed by atoms with Crippen molar-refractivity contribution < 1.29 is 14.5 Å². The summed E-state index contributed by atoms with van der Waals surface area (Å²) in [6.07, 6.45) is 2.17. The van der Waals surface area contributed by atoms with E-state index in [1.807, 2.05) is 44.3 Å². The summed E-state index contributed by atoms with van der Waals surface area (Å²) < 4.78 is 0. The summed E-state index contributed by atoms with van der Waals surface area (Å²) in [5.41, 5.74) is 1.08. The third kappa shape index (κ3) is 5.55. The lowest BCUT2D eigenvalue weighted by molar-refractivity contribution is -0.862. The van der Waals surface area contributed by atoms with E-state index >= 15 is 0 Å². The van der Waals surface area contributed by atoms with E-state index in [2.05, 4.69) is 10.6 Å². The number of likely N-dealkylation sites (N-methyl/N-ethyl adjacent to an activating group) is 1. The van der Waals surface area contributed by atoms with Crippen LogP contribution in [0.1, 0.15) is 31.4 Å². The first-order chi connectivity index (χ1) is 10.0. The number of carbonyl (C=O) groups is 2. The van der Waals surface area contributed by atoms with Crippen molar-refractivity contribution >= 4 is 11.8 Å². The van der Waals surface area contributed by atoms with Crippen molar-refractivity contribution in [2.45, 2.75) is 31.8 Å². The monoisotopic (exact) mass is 290 g/mol. The fraction of sp³-hybridized carbons (Fsp3) is 0.500. The number of nitrogens with one attached hydrogen (secondary N) is 3. The molecular weight excluding hydrogens is 266 g/mol. The normalized spacial score (nSPS) is 16.9. The molecule has 1 aliphatic rings. The summed E-state index contributed by atoms with van der Waals surface area (Å²) >= 11 is 0. The van der Waals surface area contributed by atoms with Crippen LogP contribution >= 0.6 is 0 Å². The molecule has 0 radical (unpaired) electrons. The molecule has 2 atom stereocenters. The van der Waals surface area contributed by atoms with E-state index in [9.17, 15) is 9.59 Å². The lowest BCUT2D eigenvalue weighted by Gasteiger charge is -2.17. The average Bonchev–Trinajstić information content (AvgIpc) is 3.22. The molecule has 114 valence electrons. The molecule has 0 saturated heterocycles. The van der Waals surface area contributed by atoms with Gasteiger partial charge in [-0.05, 0) is 25.3 Å². The first-order valence-electron chi connectivity index (χ1n) is 7.49. The van der Waals surface area contributed by atoms with Crippen molar-refractivity contribution in [3.63, 3.8) is 0 Å². The van der Waals surface area contributed by atoms with E-state index in [-0.39, 0.29) is 17.9 Å². The van der Waals surface area contributed by atoms with Gasteiger partial charge >= 0.3 is 0 Å². The van der Waals surface area contributed by atoms with Crippen LogP contribution in [0.5, 0.6) is 0 Å². The van der Waals surface area contributed by atoms with Crippen LogP contribution in [0.4, 0.5) is 0 Å². The van der Waals surface area contributed by atoms with E-state index in [4.69, 9.17) is 0 Å². The van der Waals surface area contributed by atoms with Gasteiger partial charge in [-0.15, -0.1) is 0 Å². The fourth-order valence-electron chi connectivity index (χ4n) is 2.23. The molecule has 2 amide bonds. The second-order valence-electron chi connectivity index (χ2n) is 5.85. The Kier molecular flexibility index (Phi) is 5.33. The molecule has 1 unspecified atom stereocenters. The Bertz CT molecular complexity index is 486. The maximum atomic E-state index is 12.0. The molecule has 5 heteroatoms. The number of hydrogen-bond acceptors (Lipinski definition) is 2. The molecule has 0 spiro atoms. The molecule has 1 aliphatic carbocycles. The summed E-state index contributed by atoms with van der Waals surface area (Å²) in [5.74, 6) is -0.0121. The fourth-order valence-corrected chi connectivity index (χ4v) is 2.23. The minimum absolute atomic E-state index is 0.0215. The van der Waals surface area contributed by atoms with E-state index in [1.165, 1.54) is 0 Å². The topological polar surface area (TPSA) is 62.6 Å². The van der Waals surface area contributed by atoms with Gasteiger partial charge in [0.15, 0.2) is 13.1 Å². The van der Waals surface area contributed by atoms with Crippen molar-refractivity contribution in [3.05, 3.63) is 35.9 Å². The summed E-state index contributed by atoms with van der Waals surface area (Å²) in [4.78, 5) is 24.5. The van der Waals surface area contributed by atoms with E-state index in [0.717, 1.165) is 23.3 Å². The zero-order valence-electron chi connectivity index (χ0n) is 12.7. The van der Waals surface area contributed by atoms with Crippen LogP contribution < -0.4 is 15.5 Å². The highest BCUT2D eigenvalue weighted by Gasteiger charge is 2.25. The molecule has 5 nitrogen and oxygen atoms in total. The van der Waals surface area contributed by atoms with Crippen LogP contribution in [-0.4, -0.2) is 38.0 Å². The number of carbonyl (C=O) groups excluding carboxylic acids is 2. The molecule has 1 aromatic rings. The van der Waals surface area contributed by atoms with Crippen LogP contribution in [0.15, 0.2) is 30.3 Å². The molecule has 0 bridgehead atoms.